The molecule has 0 heterocycles. The van der Waals surface area contributed by atoms with Crippen molar-refractivity contribution in [2.75, 3.05) is 7.11 Å². The average molecular weight is 273 g/mol. The third kappa shape index (κ3) is 3.35. The Balaban J connectivity index is 1.58. The van der Waals surface area contributed by atoms with Crippen LogP contribution in [-0.2, 0) is 0 Å². The number of ether oxygens (including phenoxy) is 1. The minimum atomic E-state index is 0.410. The molecule has 2 fully saturated rings. The van der Waals surface area contributed by atoms with Crippen molar-refractivity contribution in [1.82, 2.24) is 5.32 Å². The normalized spacial score (nSPS) is 28.1. The van der Waals surface area contributed by atoms with Crippen molar-refractivity contribution in [2.45, 2.75) is 57.5 Å². The zero-order valence-corrected chi connectivity index (χ0v) is 12.8. The second-order valence-electron chi connectivity index (χ2n) is 6.63. The first-order chi connectivity index (χ1) is 9.76. The van der Waals surface area contributed by atoms with Crippen molar-refractivity contribution < 1.29 is 4.74 Å². The van der Waals surface area contributed by atoms with E-state index in [1.54, 1.807) is 7.11 Å². The molecule has 110 valence electrons. The van der Waals surface area contributed by atoms with E-state index in [9.17, 15) is 0 Å². The molecule has 0 aliphatic heterocycles. The highest BCUT2D eigenvalue weighted by Gasteiger charge is 2.34. The van der Waals surface area contributed by atoms with E-state index in [0.717, 1.165) is 17.6 Å². The second kappa shape index (κ2) is 6.17. The van der Waals surface area contributed by atoms with Crippen LogP contribution in [-0.4, -0.2) is 13.2 Å². The van der Waals surface area contributed by atoms with Gasteiger partial charge in [-0.05, 0) is 62.1 Å². The van der Waals surface area contributed by atoms with Crippen LogP contribution in [0.5, 0.6) is 5.75 Å². The van der Waals surface area contributed by atoms with Gasteiger partial charge in [-0.25, -0.2) is 0 Å². The Bertz CT molecular complexity index is 441. The topological polar surface area (TPSA) is 21.3 Å². The van der Waals surface area contributed by atoms with E-state index in [-0.39, 0.29) is 0 Å². The number of methoxy groups -OCH3 is 1. The van der Waals surface area contributed by atoms with Crippen LogP contribution < -0.4 is 10.1 Å². The van der Waals surface area contributed by atoms with Gasteiger partial charge in [0, 0.05) is 12.1 Å². The summed E-state index contributed by atoms with van der Waals surface area (Å²) in [5.41, 5.74) is 1.33. The van der Waals surface area contributed by atoms with Crippen LogP contribution in [0.3, 0.4) is 0 Å². The molecule has 2 heteroatoms. The van der Waals surface area contributed by atoms with E-state index < -0.39 is 0 Å². The smallest absolute Gasteiger partial charge is 0.119 e. The molecule has 2 aliphatic rings. The van der Waals surface area contributed by atoms with E-state index in [2.05, 4.69) is 30.4 Å². The number of hydrogen-bond donors (Lipinski definition) is 1. The largest absolute Gasteiger partial charge is 0.497 e. The summed E-state index contributed by atoms with van der Waals surface area (Å²) in [6.45, 7) is 2.27. The minimum Gasteiger partial charge on any atom is -0.497 e. The molecular formula is C18H27NO. The molecule has 0 amide bonds. The number of nitrogens with one attached hydrogen (secondary N) is 1. The maximum absolute atomic E-state index is 5.32. The van der Waals surface area contributed by atoms with Crippen LogP contribution >= 0.6 is 0 Å². The summed E-state index contributed by atoms with van der Waals surface area (Å²) in [5, 5.41) is 3.84. The van der Waals surface area contributed by atoms with Gasteiger partial charge in [-0.1, -0.05) is 25.0 Å². The molecule has 0 radical (unpaired) electrons. The lowest BCUT2D eigenvalue weighted by Gasteiger charge is -2.32. The van der Waals surface area contributed by atoms with Gasteiger partial charge in [0.25, 0.3) is 0 Å². The van der Waals surface area contributed by atoms with Gasteiger partial charge >= 0.3 is 0 Å². The summed E-state index contributed by atoms with van der Waals surface area (Å²) in [4.78, 5) is 0. The van der Waals surface area contributed by atoms with Crippen LogP contribution in [0.2, 0.25) is 0 Å². The summed E-state index contributed by atoms with van der Waals surface area (Å²) < 4.78 is 5.32. The lowest BCUT2D eigenvalue weighted by Crippen LogP contribution is -2.36. The van der Waals surface area contributed by atoms with Crippen molar-refractivity contribution in [3.05, 3.63) is 29.8 Å². The minimum absolute atomic E-state index is 0.410. The number of rotatable bonds is 5. The fourth-order valence-corrected chi connectivity index (χ4v) is 3.74. The highest BCUT2D eigenvalue weighted by atomic mass is 16.5. The van der Waals surface area contributed by atoms with Crippen molar-refractivity contribution in [3.8, 4) is 5.75 Å². The monoisotopic (exact) mass is 273 g/mol. The molecule has 0 saturated heterocycles. The van der Waals surface area contributed by atoms with Crippen molar-refractivity contribution in [1.29, 1.82) is 0 Å². The van der Waals surface area contributed by atoms with E-state index in [4.69, 9.17) is 4.74 Å². The molecule has 1 aromatic carbocycles. The Kier molecular flexibility index (Phi) is 4.30. The average Bonchev–Trinajstić information content (AvgIpc) is 3.32. The predicted octanol–water partition coefficient (Wildman–Crippen LogP) is 4.31. The van der Waals surface area contributed by atoms with Crippen molar-refractivity contribution >= 4 is 0 Å². The van der Waals surface area contributed by atoms with E-state index in [1.165, 1.54) is 44.1 Å². The Morgan fingerprint density at radius 1 is 1.15 bits per heavy atom. The molecule has 1 N–H and O–H groups in total. The molecule has 0 aromatic heterocycles. The van der Waals surface area contributed by atoms with Crippen LogP contribution in [0.15, 0.2) is 24.3 Å². The van der Waals surface area contributed by atoms with Gasteiger partial charge in [-0.15, -0.1) is 0 Å². The quantitative estimate of drug-likeness (QED) is 0.863. The summed E-state index contributed by atoms with van der Waals surface area (Å²) in [7, 11) is 1.73. The van der Waals surface area contributed by atoms with Gasteiger partial charge in [-0.2, -0.15) is 0 Å². The van der Waals surface area contributed by atoms with Gasteiger partial charge in [0.15, 0.2) is 0 Å². The summed E-state index contributed by atoms with van der Waals surface area (Å²) in [6, 6.07) is 9.56. The molecule has 1 aromatic rings. The highest BCUT2D eigenvalue weighted by molar-refractivity contribution is 5.30. The Labute approximate surface area is 122 Å². The van der Waals surface area contributed by atoms with Gasteiger partial charge in [0.05, 0.1) is 7.11 Å². The first kappa shape index (κ1) is 13.9. The Hall–Kier alpha value is -1.02. The van der Waals surface area contributed by atoms with Crippen molar-refractivity contribution in [3.63, 3.8) is 0 Å². The molecule has 0 spiro atoms. The fraction of sp³-hybridized carbons (Fsp3) is 0.667. The molecule has 2 saturated carbocycles. The SMILES string of the molecule is COc1cccc(C(C)NC2CCCC(C3CC3)C2)c1. The second-order valence-corrected chi connectivity index (χ2v) is 6.63. The molecule has 0 bridgehead atoms. The van der Waals surface area contributed by atoms with Crippen LogP contribution in [0, 0.1) is 11.8 Å². The van der Waals surface area contributed by atoms with Crippen LogP contribution in [0.4, 0.5) is 0 Å². The summed E-state index contributed by atoms with van der Waals surface area (Å²) in [5.74, 6) is 3.01. The van der Waals surface area contributed by atoms with Gasteiger partial charge < -0.3 is 10.1 Å². The van der Waals surface area contributed by atoms with E-state index in [1.807, 2.05) is 6.07 Å². The lowest BCUT2D eigenvalue weighted by atomic mass is 9.82. The Morgan fingerprint density at radius 3 is 2.75 bits per heavy atom. The molecule has 3 rings (SSSR count). The van der Waals surface area contributed by atoms with Crippen molar-refractivity contribution in [2.24, 2.45) is 11.8 Å². The third-order valence-electron chi connectivity index (χ3n) is 5.08. The maximum atomic E-state index is 5.32. The predicted molar refractivity (Wildman–Crippen MR) is 83.0 cm³/mol. The van der Waals surface area contributed by atoms with E-state index >= 15 is 0 Å². The first-order valence-electron chi connectivity index (χ1n) is 8.16. The molecule has 3 atom stereocenters. The molecular weight excluding hydrogens is 246 g/mol. The highest BCUT2D eigenvalue weighted by Crippen LogP contribution is 2.44. The Morgan fingerprint density at radius 2 is 2.00 bits per heavy atom. The van der Waals surface area contributed by atoms with Crippen LogP contribution in [0.1, 0.15) is 57.1 Å². The zero-order valence-electron chi connectivity index (χ0n) is 12.8. The first-order valence-corrected chi connectivity index (χ1v) is 8.16. The van der Waals surface area contributed by atoms with Gasteiger partial charge in [0.2, 0.25) is 0 Å². The fourth-order valence-electron chi connectivity index (χ4n) is 3.74. The van der Waals surface area contributed by atoms with E-state index in [0.29, 0.717) is 12.1 Å². The standard InChI is InChI=1S/C18H27NO/c1-13(15-5-4-8-18(12-15)20-2)19-17-7-3-6-16(11-17)14-9-10-14/h4-5,8,12-14,16-17,19H,3,6-7,9-11H2,1-2H3. The number of hydrogen-bond acceptors (Lipinski definition) is 2. The molecule has 20 heavy (non-hydrogen) atoms. The molecule has 2 nitrogen and oxygen atoms in total. The van der Waals surface area contributed by atoms with Gasteiger partial charge in [-0.3, -0.25) is 0 Å². The van der Waals surface area contributed by atoms with Crippen LogP contribution in [0.25, 0.3) is 0 Å². The van der Waals surface area contributed by atoms with Gasteiger partial charge in [0.1, 0.15) is 5.75 Å². The zero-order chi connectivity index (χ0) is 13.9. The lowest BCUT2D eigenvalue weighted by molar-refractivity contribution is 0.249. The molecule has 3 unspecified atom stereocenters. The molecule has 2 aliphatic carbocycles. The summed E-state index contributed by atoms with van der Waals surface area (Å²) >= 11 is 0. The third-order valence-corrected chi connectivity index (χ3v) is 5.08. The number of benzene rings is 1. The summed E-state index contributed by atoms with van der Waals surface area (Å²) in [6.07, 6.45) is 8.59. The maximum Gasteiger partial charge on any atom is 0.119 e.